The van der Waals surface area contributed by atoms with Gasteiger partial charge in [0.05, 0.1) is 0 Å². The number of aromatic nitrogens is 2. The molecule has 1 aliphatic rings. The van der Waals surface area contributed by atoms with Crippen molar-refractivity contribution in [2.45, 2.75) is 31.1 Å². The monoisotopic (exact) mass is 490 g/mol. The summed E-state index contributed by atoms with van der Waals surface area (Å²) in [7, 11) is -3.58. The SMILES string of the molecule is Cc1ccc(Cc2cnc(NC(=O)C3CCN(S(=O)(=O)c4cccnc4)CC3)s2)cc1Cl. The molecule has 0 atom stereocenters. The van der Waals surface area contributed by atoms with Gasteiger partial charge in [-0.15, -0.1) is 11.3 Å². The Morgan fingerprint density at radius 1 is 1.25 bits per heavy atom. The minimum Gasteiger partial charge on any atom is -0.302 e. The number of pyridine rings is 1. The van der Waals surface area contributed by atoms with Crippen molar-refractivity contribution >= 4 is 44.0 Å². The fraction of sp³-hybridized carbons (Fsp3) is 0.318. The number of halogens is 1. The Labute approximate surface area is 196 Å². The van der Waals surface area contributed by atoms with Gasteiger partial charge in [-0.2, -0.15) is 4.31 Å². The third-order valence-electron chi connectivity index (χ3n) is 5.50. The number of hydrogen-bond donors (Lipinski definition) is 1. The molecule has 7 nitrogen and oxygen atoms in total. The number of thiazole rings is 1. The molecule has 4 rings (SSSR count). The Kier molecular flexibility index (Phi) is 6.90. The maximum atomic E-state index is 12.7. The Bertz CT molecular complexity index is 1210. The molecule has 32 heavy (non-hydrogen) atoms. The Morgan fingerprint density at radius 3 is 2.72 bits per heavy atom. The number of sulfonamides is 1. The Balaban J connectivity index is 1.32. The minimum absolute atomic E-state index is 0.122. The zero-order chi connectivity index (χ0) is 22.7. The number of carbonyl (C=O) groups excluding carboxylic acids is 1. The van der Waals surface area contributed by atoms with Gasteiger partial charge in [0.15, 0.2) is 5.13 Å². The second-order valence-corrected chi connectivity index (χ2v) is 11.2. The summed E-state index contributed by atoms with van der Waals surface area (Å²) < 4.78 is 26.9. The van der Waals surface area contributed by atoms with Gasteiger partial charge in [-0.1, -0.05) is 23.7 Å². The lowest BCUT2D eigenvalue weighted by Gasteiger charge is -2.30. The van der Waals surface area contributed by atoms with Crippen LogP contribution in [-0.4, -0.2) is 41.7 Å². The van der Waals surface area contributed by atoms with Gasteiger partial charge in [0.2, 0.25) is 15.9 Å². The normalized spacial score (nSPS) is 15.6. The van der Waals surface area contributed by atoms with E-state index in [1.54, 1.807) is 12.3 Å². The van der Waals surface area contributed by atoms with Crippen LogP contribution in [0.5, 0.6) is 0 Å². The number of nitrogens with zero attached hydrogens (tertiary/aromatic N) is 3. The van der Waals surface area contributed by atoms with E-state index in [4.69, 9.17) is 11.6 Å². The predicted molar refractivity (Wildman–Crippen MR) is 125 cm³/mol. The molecule has 10 heteroatoms. The lowest BCUT2D eigenvalue weighted by molar-refractivity contribution is -0.120. The van der Waals surface area contributed by atoms with E-state index in [2.05, 4.69) is 15.3 Å². The van der Waals surface area contributed by atoms with E-state index >= 15 is 0 Å². The van der Waals surface area contributed by atoms with Crippen molar-refractivity contribution < 1.29 is 13.2 Å². The molecule has 1 amide bonds. The molecular weight excluding hydrogens is 468 g/mol. The smallest absolute Gasteiger partial charge is 0.244 e. The highest BCUT2D eigenvalue weighted by atomic mass is 35.5. The molecule has 1 N–H and O–H groups in total. The highest BCUT2D eigenvalue weighted by Gasteiger charge is 2.32. The molecule has 2 aromatic heterocycles. The van der Waals surface area contributed by atoms with E-state index in [0.29, 0.717) is 37.5 Å². The maximum Gasteiger partial charge on any atom is 0.244 e. The van der Waals surface area contributed by atoms with Crippen molar-refractivity contribution in [2.24, 2.45) is 5.92 Å². The average molecular weight is 491 g/mol. The number of rotatable bonds is 6. The van der Waals surface area contributed by atoms with Crippen LogP contribution in [0.25, 0.3) is 0 Å². The molecule has 3 aromatic rings. The summed E-state index contributed by atoms with van der Waals surface area (Å²) in [5.41, 5.74) is 2.12. The van der Waals surface area contributed by atoms with Gasteiger partial charge in [-0.05, 0) is 49.1 Å². The van der Waals surface area contributed by atoms with E-state index in [1.807, 2.05) is 25.1 Å². The molecule has 1 saturated heterocycles. The van der Waals surface area contributed by atoms with Crippen LogP contribution in [0.4, 0.5) is 5.13 Å². The van der Waals surface area contributed by atoms with E-state index in [1.165, 1.54) is 34.1 Å². The second-order valence-electron chi connectivity index (χ2n) is 7.75. The standard InChI is InChI=1S/C22H23ClN4O3S2/c1-15-4-5-16(12-20(15)23)11-18-13-25-22(31-18)26-21(28)17-6-9-27(10-7-17)32(29,30)19-3-2-8-24-14-19/h2-5,8,12-14,17H,6-7,9-11H2,1H3,(H,25,26,28). The van der Waals surface area contributed by atoms with E-state index in [0.717, 1.165) is 21.0 Å². The topological polar surface area (TPSA) is 92.3 Å². The molecular formula is C22H23ClN4O3S2. The zero-order valence-electron chi connectivity index (χ0n) is 17.5. The van der Waals surface area contributed by atoms with Gasteiger partial charge >= 0.3 is 0 Å². The summed E-state index contributed by atoms with van der Waals surface area (Å²) in [5.74, 6) is -0.374. The summed E-state index contributed by atoms with van der Waals surface area (Å²) in [6.45, 7) is 2.56. The lowest BCUT2D eigenvalue weighted by atomic mass is 9.97. The second kappa shape index (κ2) is 9.66. The molecule has 0 spiro atoms. The van der Waals surface area contributed by atoms with Crippen molar-refractivity contribution in [1.29, 1.82) is 0 Å². The van der Waals surface area contributed by atoms with E-state index in [-0.39, 0.29) is 16.7 Å². The Morgan fingerprint density at radius 2 is 2.03 bits per heavy atom. The van der Waals surface area contributed by atoms with Crippen LogP contribution in [0.2, 0.25) is 5.02 Å². The van der Waals surface area contributed by atoms with Gasteiger partial charge in [0.1, 0.15) is 4.90 Å². The van der Waals surface area contributed by atoms with Crippen LogP contribution >= 0.6 is 22.9 Å². The van der Waals surface area contributed by atoms with Crippen molar-refractivity contribution in [1.82, 2.24) is 14.3 Å². The van der Waals surface area contributed by atoms with E-state index < -0.39 is 10.0 Å². The van der Waals surface area contributed by atoms with Gasteiger partial charge in [0, 0.05) is 53.9 Å². The number of piperidine rings is 1. The zero-order valence-corrected chi connectivity index (χ0v) is 19.9. The number of amides is 1. The number of nitrogens with one attached hydrogen (secondary N) is 1. The molecule has 0 bridgehead atoms. The van der Waals surface area contributed by atoms with Crippen molar-refractivity contribution in [3.8, 4) is 0 Å². The lowest BCUT2D eigenvalue weighted by Crippen LogP contribution is -2.41. The largest absolute Gasteiger partial charge is 0.302 e. The number of carbonyl (C=O) groups is 1. The van der Waals surface area contributed by atoms with Crippen LogP contribution in [0.15, 0.2) is 53.8 Å². The first-order valence-corrected chi connectivity index (χ1v) is 12.9. The average Bonchev–Trinajstić information content (AvgIpc) is 3.23. The summed E-state index contributed by atoms with van der Waals surface area (Å²) in [5, 5.41) is 4.17. The summed E-state index contributed by atoms with van der Waals surface area (Å²) in [6, 6.07) is 9.10. The van der Waals surface area contributed by atoms with Crippen LogP contribution in [-0.2, 0) is 21.2 Å². The molecule has 168 valence electrons. The first-order valence-electron chi connectivity index (χ1n) is 10.2. The van der Waals surface area contributed by atoms with Crippen molar-refractivity contribution in [2.75, 3.05) is 18.4 Å². The third kappa shape index (κ3) is 5.17. The molecule has 1 aliphatic heterocycles. The summed E-state index contributed by atoms with van der Waals surface area (Å²) >= 11 is 7.63. The maximum absolute atomic E-state index is 12.7. The number of hydrogen-bond acceptors (Lipinski definition) is 6. The fourth-order valence-corrected chi connectivity index (χ4v) is 6.10. The Hall–Kier alpha value is -2.33. The van der Waals surface area contributed by atoms with Gasteiger partial charge in [-0.3, -0.25) is 9.78 Å². The minimum atomic E-state index is -3.58. The molecule has 0 aliphatic carbocycles. The van der Waals surface area contributed by atoms with Crippen LogP contribution < -0.4 is 5.32 Å². The van der Waals surface area contributed by atoms with Gasteiger partial charge < -0.3 is 5.32 Å². The number of aryl methyl sites for hydroxylation is 1. The third-order valence-corrected chi connectivity index (χ3v) is 8.70. The van der Waals surface area contributed by atoms with Crippen molar-refractivity contribution in [3.63, 3.8) is 0 Å². The van der Waals surface area contributed by atoms with Crippen LogP contribution in [0.1, 0.15) is 28.8 Å². The van der Waals surface area contributed by atoms with E-state index in [9.17, 15) is 13.2 Å². The molecule has 1 aromatic carbocycles. The van der Waals surface area contributed by atoms with Gasteiger partial charge in [-0.25, -0.2) is 13.4 Å². The van der Waals surface area contributed by atoms with Crippen molar-refractivity contribution in [3.05, 3.63) is 69.9 Å². The predicted octanol–water partition coefficient (Wildman–Crippen LogP) is 4.13. The molecule has 0 saturated carbocycles. The summed E-state index contributed by atoms with van der Waals surface area (Å²) in [6.07, 6.45) is 6.26. The molecule has 3 heterocycles. The molecule has 0 radical (unpaired) electrons. The summed E-state index contributed by atoms with van der Waals surface area (Å²) in [4.78, 5) is 22.1. The first kappa shape index (κ1) is 22.8. The highest BCUT2D eigenvalue weighted by Crippen LogP contribution is 2.27. The molecule has 1 fully saturated rings. The van der Waals surface area contributed by atoms with Crippen LogP contribution in [0, 0.1) is 12.8 Å². The van der Waals surface area contributed by atoms with Crippen LogP contribution in [0.3, 0.4) is 0 Å². The quantitative estimate of drug-likeness (QED) is 0.560. The highest BCUT2D eigenvalue weighted by molar-refractivity contribution is 7.89. The number of benzene rings is 1. The fourth-order valence-electron chi connectivity index (χ4n) is 3.61. The first-order chi connectivity index (χ1) is 15.3. The molecule has 0 unspecified atom stereocenters. The number of anilines is 1. The van der Waals surface area contributed by atoms with Gasteiger partial charge in [0.25, 0.3) is 0 Å².